The van der Waals surface area contributed by atoms with Crippen LogP contribution in [0.5, 0.6) is 0 Å². The molecule has 1 aromatic rings. The summed E-state index contributed by atoms with van der Waals surface area (Å²) in [5.41, 5.74) is 2.59. The molecule has 18 heavy (non-hydrogen) atoms. The van der Waals surface area contributed by atoms with Crippen molar-refractivity contribution in [2.45, 2.75) is 45.6 Å². The molecule has 0 aliphatic carbocycles. The molecule has 0 atom stereocenters. The van der Waals surface area contributed by atoms with Gasteiger partial charge in [-0.15, -0.1) is 0 Å². The average Bonchev–Trinajstić information content (AvgIpc) is 2.27. The van der Waals surface area contributed by atoms with Gasteiger partial charge in [0.2, 0.25) is 0 Å². The fourth-order valence-corrected chi connectivity index (χ4v) is 1.62. The number of carbonyl (C=O) groups is 1. The highest BCUT2D eigenvalue weighted by atomic mass is 16.5. The van der Waals surface area contributed by atoms with E-state index in [1.165, 1.54) is 5.56 Å². The largest absolute Gasteiger partial charge is 0.481 e. The minimum absolute atomic E-state index is 0.168. The fourth-order valence-electron chi connectivity index (χ4n) is 1.62. The van der Waals surface area contributed by atoms with Crippen molar-refractivity contribution in [3.8, 4) is 0 Å². The first kappa shape index (κ1) is 14.7. The molecule has 0 fully saturated rings. The molecular formula is C15H22O3. The zero-order chi connectivity index (χ0) is 13.6. The van der Waals surface area contributed by atoms with Crippen LogP contribution in [0.25, 0.3) is 0 Å². The van der Waals surface area contributed by atoms with Crippen LogP contribution in [0.2, 0.25) is 0 Å². The normalized spacial score (nSPS) is 11.5. The van der Waals surface area contributed by atoms with E-state index in [2.05, 4.69) is 45.0 Å². The molecule has 0 aromatic heterocycles. The number of carboxylic acid groups (broad SMARTS) is 1. The van der Waals surface area contributed by atoms with Gasteiger partial charge in [0, 0.05) is 13.0 Å². The number of aliphatic carboxylic acids is 1. The Balaban J connectivity index is 2.33. The Morgan fingerprint density at radius 2 is 1.83 bits per heavy atom. The van der Waals surface area contributed by atoms with Gasteiger partial charge >= 0.3 is 5.97 Å². The molecule has 1 N–H and O–H groups in total. The van der Waals surface area contributed by atoms with Gasteiger partial charge in [-0.05, 0) is 23.0 Å². The third-order valence-electron chi connectivity index (χ3n) is 2.77. The van der Waals surface area contributed by atoms with Crippen LogP contribution in [0.3, 0.4) is 0 Å². The molecule has 0 unspecified atom stereocenters. The van der Waals surface area contributed by atoms with E-state index in [1.54, 1.807) is 0 Å². The molecule has 0 spiro atoms. The minimum atomic E-state index is -0.770. The molecule has 0 aliphatic rings. The van der Waals surface area contributed by atoms with Gasteiger partial charge in [-0.3, -0.25) is 4.79 Å². The lowest BCUT2D eigenvalue weighted by Gasteiger charge is -2.19. The molecule has 0 saturated carbocycles. The van der Waals surface area contributed by atoms with E-state index in [-0.39, 0.29) is 11.8 Å². The van der Waals surface area contributed by atoms with Gasteiger partial charge in [0.15, 0.2) is 0 Å². The van der Waals surface area contributed by atoms with E-state index in [0.717, 1.165) is 5.56 Å². The summed E-state index contributed by atoms with van der Waals surface area (Å²) in [6.45, 7) is 7.59. The molecule has 0 bridgehead atoms. The second-order valence-corrected chi connectivity index (χ2v) is 5.50. The smallest absolute Gasteiger partial charge is 0.303 e. The molecule has 1 aromatic carbocycles. The third kappa shape index (κ3) is 5.32. The van der Waals surface area contributed by atoms with E-state index in [1.807, 2.05) is 0 Å². The standard InChI is InChI=1S/C15H22O3/c1-15(2,3)13-8-6-12(7-9-13)11-18-10-4-5-14(16)17/h6-9H,4-5,10-11H2,1-3H3,(H,16,17). The molecule has 0 amide bonds. The summed E-state index contributed by atoms with van der Waals surface area (Å²) in [6, 6.07) is 8.38. The lowest BCUT2D eigenvalue weighted by atomic mass is 9.87. The van der Waals surface area contributed by atoms with Crippen LogP contribution in [0.15, 0.2) is 24.3 Å². The van der Waals surface area contributed by atoms with Crippen molar-refractivity contribution in [1.82, 2.24) is 0 Å². The molecule has 0 aliphatic heterocycles. The number of hydrogen-bond donors (Lipinski definition) is 1. The van der Waals surface area contributed by atoms with E-state index in [4.69, 9.17) is 9.84 Å². The summed E-state index contributed by atoms with van der Waals surface area (Å²) in [4.78, 5) is 10.3. The highest BCUT2D eigenvalue weighted by Crippen LogP contribution is 2.22. The van der Waals surface area contributed by atoms with E-state index >= 15 is 0 Å². The van der Waals surface area contributed by atoms with Crippen molar-refractivity contribution in [2.24, 2.45) is 0 Å². The summed E-state index contributed by atoms with van der Waals surface area (Å²) in [5.74, 6) is -0.770. The quantitative estimate of drug-likeness (QED) is 0.787. The summed E-state index contributed by atoms with van der Waals surface area (Å²) >= 11 is 0. The highest BCUT2D eigenvalue weighted by Gasteiger charge is 2.12. The van der Waals surface area contributed by atoms with Gasteiger partial charge in [-0.1, -0.05) is 45.0 Å². The topological polar surface area (TPSA) is 46.5 Å². The highest BCUT2D eigenvalue weighted by molar-refractivity contribution is 5.66. The number of benzene rings is 1. The summed E-state index contributed by atoms with van der Waals surface area (Å²) in [7, 11) is 0. The van der Waals surface area contributed by atoms with Gasteiger partial charge in [0.1, 0.15) is 0 Å². The second kappa shape index (κ2) is 6.55. The molecule has 0 heterocycles. The van der Waals surface area contributed by atoms with Gasteiger partial charge in [-0.25, -0.2) is 0 Å². The lowest BCUT2D eigenvalue weighted by molar-refractivity contribution is -0.137. The molecular weight excluding hydrogens is 228 g/mol. The lowest BCUT2D eigenvalue weighted by Crippen LogP contribution is -2.10. The molecule has 3 heteroatoms. The Hall–Kier alpha value is -1.35. The fraction of sp³-hybridized carbons (Fsp3) is 0.533. The van der Waals surface area contributed by atoms with Crippen LogP contribution in [-0.2, 0) is 21.6 Å². The van der Waals surface area contributed by atoms with Crippen LogP contribution >= 0.6 is 0 Å². The van der Waals surface area contributed by atoms with Crippen molar-refractivity contribution in [3.63, 3.8) is 0 Å². The Bertz CT molecular complexity index is 374. The first-order valence-corrected chi connectivity index (χ1v) is 6.28. The Labute approximate surface area is 109 Å². The number of rotatable bonds is 6. The summed E-state index contributed by atoms with van der Waals surface area (Å²) in [5, 5.41) is 8.48. The van der Waals surface area contributed by atoms with Crippen LogP contribution in [-0.4, -0.2) is 17.7 Å². The van der Waals surface area contributed by atoms with Crippen LogP contribution < -0.4 is 0 Å². The van der Waals surface area contributed by atoms with Crippen molar-refractivity contribution in [3.05, 3.63) is 35.4 Å². The molecule has 3 nitrogen and oxygen atoms in total. The van der Waals surface area contributed by atoms with Gasteiger partial charge in [-0.2, -0.15) is 0 Å². The maximum absolute atomic E-state index is 10.3. The predicted molar refractivity (Wildman–Crippen MR) is 71.7 cm³/mol. The Morgan fingerprint density at radius 3 is 2.33 bits per heavy atom. The second-order valence-electron chi connectivity index (χ2n) is 5.50. The maximum Gasteiger partial charge on any atom is 0.303 e. The molecule has 0 saturated heterocycles. The Morgan fingerprint density at radius 1 is 1.22 bits per heavy atom. The van der Waals surface area contributed by atoms with E-state index in [9.17, 15) is 4.79 Å². The maximum atomic E-state index is 10.3. The van der Waals surface area contributed by atoms with Crippen molar-refractivity contribution in [2.75, 3.05) is 6.61 Å². The zero-order valence-corrected chi connectivity index (χ0v) is 11.4. The summed E-state index contributed by atoms with van der Waals surface area (Å²) < 4.78 is 5.43. The van der Waals surface area contributed by atoms with Crippen molar-refractivity contribution < 1.29 is 14.6 Å². The molecule has 100 valence electrons. The average molecular weight is 250 g/mol. The molecule has 1 rings (SSSR count). The first-order valence-electron chi connectivity index (χ1n) is 6.28. The SMILES string of the molecule is CC(C)(C)c1ccc(COCCCC(=O)O)cc1. The minimum Gasteiger partial charge on any atom is -0.481 e. The zero-order valence-electron chi connectivity index (χ0n) is 11.4. The van der Waals surface area contributed by atoms with Gasteiger partial charge < -0.3 is 9.84 Å². The van der Waals surface area contributed by atoms with Crippen molar-refractivity contribution in [1.29, 1.82) is 0 Å². The van der Waals surface area contributed by atoms with Crippen molar-refractivity contribution >= 4 is 5.97 Å². The van der Waals surface area contributed by atoms with Crippen LogP contribution in [0.4, 0.5) is 0 Å². The predicted octanol–water partition coefficient (Wildman–Crippen LogP) is 3.37. The number of hydrogen-bond acceptors (Lipinski definition) is 2. The summed E-state index contributed by atoms with van der Waals surface area (Å²) in [6.07, 6.45) is 0.734. The van der Waals surface area contributed by atoms with Crippen LogP contribution in [0.1, 0.15) is 44.7 Å². The van der Waals surface area contributed by atoms with E-state index in [0.29, 0.717) is 19.6 Å². The number of carboxylic acids is 1. The van der Waals surface area contributed by atoms with Crippen LogP contribution in [0, 0.1) is 0 Å². The molecule has 0 radical (unpaired) electrons. The first-order chi connectivity index (χ1) is 8.39. The third-order valence-corrected chi connectivity index (χ3v) is 2.77. The monoisotopic (exact) mass is 250 g/mol. The van der Waals surface area contributed by atoms with Gasteiger partial charge in [0.05, 0.1) is 6.61 Å². The number of ether oxygens (including phenoxy) is 1. The van der Waals surface area contributed by atoms with Gasteiger partial charge in [0.25, 0.3) is 0 Å². The Kier molecular flexibility index (Phi) is 5.35. The van der Waals surface area contributed by atoms with E-state index < -0.39 is 5.97 Å².